The molecule has 0 unspecified atom stereocenters. The SMILES string of the molecule is CCOC(=O)/C=C(C)/C=C/[C@H](OC)[C@@H](O)c1ccc(OCCO)cc1. The van der Waals surface area contributed by atoms with Gasteiger partial charge in [0.25, 0.3) is 0 Å². The largest absolute Gasteiger partial charge is 0.491 e. The van der Waals surface area contributed by atoms with Crippen molar-refractivity contribution in [2.45, 2.75) is 26.1 Å². The molecule has 0 fully saturated rings. The Labute approximate surface area is 148 Å². The molecule has 6 heteroatoms. The van der Waals surface area contributed by atoms with Crippen LogP contribution in [0.25, 0.3) is 0 Å². The van der Waals surface area contributed by atoms with E-state index in [2.05, 4.69) is 0 Å². The van der Waals surface area contributed by atoms with Crippen LogP contribution in [-0.4, -0.2) is 49.2 Å². The summed E-state index contributed by atoms with van der Waals surface area (Å²) in [7, 11) is 1.50. The molecule has 25 heavy (non-hydrogen) atoms. The van der Waals surface area contributed by atoms with E-state index in [0.717, 1.165) is 0 Å². The van der Waals surface area contributed by atoms with Gasteiger partial charge in [-0.1, -0.05) is 24.3 Å². The van der Waals surface area contributed by atoms with Crippen LogP contribution in [0.1, 0.15) is 25.5 Å². The average Bonchev–Trinajstić information content (AvgIpc) is 2.60. The summed E-state index contributed by atoms with van der Waals surface area (Å²) in [4.78, 5) is 11.4. The van der Waals surface area contributed by atoms with Crippen molar-refractivity contribution >= 4 is 5.97 Å². The lowest BCUT2D eigenvalue weighted by atomic mass is 10.0. The Hall–Kier alpha value is -2.15. The fourth-order valence-electron chi connectivity index (χ4n) is 2.09. The van der Waals surface area contributed by atoms with Crippen molar-refractivity contribution in [3.63, 3.8) is 0 Å². The number of hydrogen-bond acceptors (Lipinski definition) is 6. The number of rotatable bonds is 10. The zero-order chi connectivity index (χ0) is 18.7. The zero-order valence-corrected chi connectivity index (χ0v) is 14.8. The maximum absolute atomic E-state index is 11.4. The monoisotopic (exact) mass is 350 g/mol. The lowest BCUT2D eigenvalue weighted by Gasteiger charge is -2.19. The van der Waals surface area contributed by atoms with Crippen molar-refractivity contribution < 1.29 is 29.2 Å². The summed E-state index contributed by atoms with van der Waals surface area (Å²) < 4.78 is 15.4. The highest BCUT2D eigenvalue weighted by atomic mass is 16.5. The lowest BCUT2D eigenvalue weighted by Crippen LogP contribution is -2.18. The molecule has 138 valence electrons. The quantitative estimate of drug-likeness (QED) is 0.382. The summed E-state index contributed by atoms with van der Waals surface area (Å²) in [5.41, 5.74) is 1.36. The van der Waals surface area contributed by atoms with Crippen LogP contribution in [0, 0.1) is 0 Å². The molecular formula is C19H26O6. The molecule has 0 bridgehead atoms. The number of carbonyl (C=O) groups is 1. The molecule has 1 rings (SSSR count). The fourth-order valence-corrected chi connectivity index (χ4v) is 2.09. The van der Waals surface area contributed by atoms with Gasteiger partial charge >= 0.3 is 5.97 Å². The van der Waals surface area contributed by atoms with Gasteiger partial charge in [0.2, 0.25) is 0 Å². The molecule has 0 aliphatic heterocycles. The Morgan fingerprint density at radius 1 is 1.28 bits per heavy atom. The molecule has 0 spiro atoms. The first-order chi connectivity index (χ1) is 12.0. The number of aliphatic hydroxyl groups is 2. The van der Waals surface area contributed by atoms with Gasteiger partial charge in [0.1, 0.15) is 24.6 Å². The predicted octanol–water partition coefficient (Wildman–Crippen LogP) is 2.17. The molecule has 6 nitrogen and oxygen atoms in total. The Balaban J connectivity index is 2.74. The predicted molar refractivity (Wildman–Crippen MR) is 94.3 cm³/mol. The number of methoxy groups -OCH3 is 1. The van der Waals surface area contributed by atoms with E-state index in [1.165, 1.54) is 13.2 Å². The summed E-state index contributed by atoms with van der Waals surface area (Å²) in [6, 6.07) is 6.91. The highest BCUT2D eigenvalue weighted by Gasteiger charge is 2.18. The van der Waals surface area contributed by atoms with Crippen LogP contribution in [0.2, 0.25) is 0 Å². The van der Waals surface area contributed by atoms with Crippen LogP contribution in [0.4, 0.5) is 0 Å². The number of benzene rings is 1. The van der Waals surface area contributed by atoms with E-state index in [9.17, 15) is 9.90 Å². The molecule has 0 saturated carbocycles. The van der Waals surface area contributed by atoms with Gasteiger partial charge in [-0.2, -0.15) is 0 Å². The second-order valence-electron chi connectivity index (χ2n) is 5.29. The number of esters is 1. The third-order valence-corrected chi connectivity index (χ3v) is 3.35. The molecule has 0 aliphatic rings. The van der Waals surface area contributed by atoms with E-state index in [1.807, 2.05) is 0 Å². The molecule has 0 amide bonds. The zero-order valence-electron chi connectivity index (χ0n) is 14.8. The van der Waals surface area contributed by atoms with Crippen LogP contribution in [-0.2, 0) is 14.3 Å². The molecule has 0 radical (unpaired) electrons. The van der Waals surface area contributed by atoms with Crippen LogP contribution < -0.4 is 4.74 Å². The number of hydrogen-bond donors (Lipinski definition) is 2. The summed E-state index contributed by atoms with van der Waals surface area (Å²) in [6.45, 7) is 3.99. The van der Waals surface area contributed by atoms with Crippen LogP contribution >= 0.6 is 0 Å². The maximum Gasteiger partial charge on any atom is 0.330 e. The van der Waals surface area contributed by atoms with E-state index in [0.29, 0.717) is 23.5 Å². The maximum atomic E-state index is 11.4. The number of carbonyl (C=O) groups excluding carboxylic acids is 1. The first-order valence-electron chi connectivity index (χ1n) is 8.09. The van der Waals surface area contributed by atoms with Gasteiger partial charge in [0.15, 0.2) is 0 Å². The van der Waals surface area contributed by atoms with Crippen molar-refractivity contribution in [2.24, 2.45) is 0 Å². The van der Waals surface area contributed by atoms with Gasteiger partial charge < -0.3 is 24.4 Å². The third-order valence-electron chi connectivity index (χ3n) is 3.35. The van der Waals surface area contributed by atoms with E-state index >= 15 is 0 Å². The van der Waals surface area contributed by atoms with Crippen LogP contribution in [0.15, 0.2) is 48.1 Å². The first kappa shape index (κ1) is 20.9. The minimum Gasteiger partial charge on any atom is -0.491 e. The van der Waals surface area contributed by atoms with E-state index in [1.54, 1.807) is 50.3 Å². The molecule has 0 aromatic heterocycles. The minimum atomic E-state index is -0.872. The second kappa shape index (κ2) is 11.4. The Morgan fingerprint density at radius 3 is 2.52 bits per heavy atom. The Morgan fingerprint density at radius 2 is 1.96 bits per heavy atom. The summed E-state index contributed by atoms with van der Waals surface area (Å²) in [6.07, 6.45) is 3.32. The average molecular weight is 350 g/mol. The number of allylic oxidation sites excluding steroid dienone is 2. The molecule has 0 saturated heterocycles. The van der Waals surface area contributed by atoms with Gasteiger partial charge in [-0.25, -0.2) is 4.79 Å². The van der Waals surface area contributed by atoms with Gasteiger partial charge in [0, 0.05) is 13.2 Å². The van der Waals surface area contributed by atoms with Gasteiger partial charge in [0.05, 0.1) is 13.2 Å². The Bertz CT molecular complexity index is 576. The number of aliphatic hydroxyl groups excluding tert-OH is 2. The standard InChI is InChI=1S/C19H26O6/c1-4-24-18(21)13-14(2)5-10-17(23-3)19(22)15-6-8-16(9-7-15)25-12-11-20/h5-10,13,17,19-20,22H,4,11-12H2,1-3H3/b10-5+,14-13+/t17-,19-/m0/s1. The summed E-state index contributed by atoms with van der Waals surface area (Å²) >= 11 is 0. The van der Waals surface area contributed by atoms with Crippen molar-refractivity contribution in [1.29, 1.82) is 0 Å². The van der Waals surface area contributed by atoms with Crippen molar-refractivity contribution in [3.05, 3.63) is 53.6 Å². The van der Waals surface area contributed by atoms with Crippen LogP contribution in [0.3, 0.4) is 0 Å². The third kappa shape index (κ3) is 7.51. The molecule has 2 N–H and O–H groups in total. The molecule has 1 aromatic carbocycles. The molecule has 0 aliphatic carbocycles. The first-order valence-corrected chi connectivity index (χ1v) is 8.09. The molecular weight excluding hydrogens is 324 g/mol. The normalized spacial score (nSPS) is 14.4. The van der Waals surface area contributed by atoms with E-state index < -0.39 is 18.2 Å². The topological polar surface area (TPSA) is 85.2 Å². The summed E-state index contributed by atoms with van der Waals surface area (Å²) in [5, 5.41) is 19.2. The minimum absolute atomic E-state index is 0.0560. The Kier molecular flexibility index (Phi) is 9.54. The van der Waals surface area contributed by atoms with Gasteiger partial charge in [-0.05, 0) is 37.1 Å². The van der Waals surface area contributed by atoms with E-state index in [-0.39, 0.29) is 13.2 Å². The highest BCUT2D eigenvalue weighted by Crippen LogP contribution is 2.23. The number of ether oxygens (including phenoxy) is 3. The van der Waals surface area contributed by atoms with Gasteiger partial charge in [-0.15, -0.1) is 0 Å². The second-order valence-corrected chi connectivity index (χ2v) is 5.29. The fraction of sp³-hybridized carbons (Fsp3) is 0.421. The van der Waals surface area contributed by atoms with Crippen LogP contribution in [0.5, 0.6) is 5.75 Å². The van der Waals surface area contributed by atoms with Crippen molar-refractivity contribution in [1.82, 2.24) is 0 Å². The summed E-state index contributed by atoms with van der Waals surface area (Å²) in [5.74, 6) is 0.209. The molecule has 0 heterocycles. The van der Waals surface area contributed by atoms with Crippen molar-refractivity contribution in [2.75, 3.05) is 26.9 Å². The van der Waals surface area contributed by atoms with Gasteiger partial charge in [-0.3, -0.25) is 0 Å². The molecule has 1 aromatic rings. The lowest BCUT2D eigenvalue weighted by molar-refractivity contribution is -0.137. The molecule has 2 atom stereocenters. The van der Waals surface area contributed by atoms with Crippen molar-refractivity contribution in [3.8, 4) is 5.75 Å². The smallest absolute Gasteiger partial charge is 0.330 e. The highest BCUT2D eigenvalue weighted by molar-refractivity contribution is 5.83. The van der Waals surface area contributed by atoms with E-state index in [4.69, 9.17) is 19.3 Å².